The number of hydrogen-bond acceptors (Lipinski definition) is 6. The summed E-state index contributed by atoms with van der Waals surface area (Å²) in [6.07, 6.45) is -3.39. The van der Waals surface area contributed by atoms with Crippen molar-refractivity contribution < 1.29 is 28.8 Å². The summed E-state index contributed by atoms with van der Waals surface area (Å²) in [4.78, 5) is 0. The van der Waals surface area contributed by atoms with Crippen LogP contribution in [0.15, 0.2) is 30.3 Å². The van der Waals surface area contributed by atoms with Gasteiger partial charge in [0.15, 0.2) is 12.6 Å². The first-order valence-corrected chi connectivity index (χ1v) is 6.95. The van der Waals surface area contributed by atoms with Gasteiger partial charge in [-0.2, -0.15) is 0 Å². The first-order valence-electron chi connectivity index (χ1n) is 6.95. The van der Waals surface area contributed by atoms with Crippen LogP contribution in [0.2, 0.25) is 0 Å². The maximum atomic E-state index is 10.2. The molecule has 2 heterocycles. The van der Waals surface area contributed by atoms with E-state index in [1.165, 1.54) is 7.11 Å². The van der Waals surface area contributed by atoms with Crippen molar-refractivity contribution in [3.05, 3.63) is 35.9 Å². The van der Waals surface area contributed by atoms with E-state index in [0.717, 1.165) is 5.56 Å². The van der Waals surface area contributed by atoms with Crippen molar-refractivity contribution >= 4 is 0 Å². The molecule has 6 atom stereocenters. The lowest BCUT2D eigenvalue weighted by Crippen LogP contribution is -2.62. The second-order valence-electron chi connectivity index (χ2n) is 5.15. The van der Waals surface area contributed by atoms with Gasteiger partial charge < -0.3 is 28.8 Å². The summed E-state index contributed by atoms with van der Waals surface area (Å²) in [6.45, 7) is 0.358. The molecule has 6 nitrogen and oxygen atoms in total. The minimum Gasteiger partial charge on any atom is -0.385 e. The van der Waals surface area contributed by atoms with E-state index in [2.05, 4.69) is 0 Å². The van der Waals surface area contributed by atoms with Crippen LogP contribution in [0.4, 0.5) is 0 Å². The van der Waals surface area contributed by atoms with Gasteiger partial charge in [0.25, 0.3) is 0 Å². The third-order valence-corrected chi connectivity index (χ3v) is 3.88. The first-order chi connectivity index (χ1) is 10.2. The Morgan fingerprint density at radius 1 is 1.10 bits per heavy atom. The molecule has 0 radical (unpaired) electrons. The summed E-state index contributed by atoms with van der Waals surface area (Å²) < 4.78 is 27.9. The topological polar surface area (TPSA) is 66.4 Å². The molecule has 0 aliphatic carbocycles. The maximum absolute atomic E-state index is 10.2. The summed E-state index contributed by atoms with van der Waals surface area (Å²) in [5.41, 5.74) is 0.925. The molecular formula is C15H20O6. The molecule has 2 aliphatic rings. The number of aliphatic hydroxyl groups is 1. The van der Waals surface area contributed by atoms with Gasteiger partial charge in [-0.05, 0) is 0 Å². The quantitative estimate of drug-likeness (QED) is 0.892. The Balaban J connectivity index is 1.77. The van der Waals surface area contributed by atoms with Crippen LogP contribution in [0.25, 0.3) is 0 Å². The van der Waals surface area contributed by atoms with Crippen molar-refractivity contribution in [1.82, 2.24) is 0 Å². The maximum Gasteiger partial charge on any atom is 0.186 e. The highest BCUT2D eigenvalue weighted by Crippen LogP contribution is 2.35. The highest BCUT2D eigenvalue weighted by Gasteiger charge is 2.49. The lowest BCUT2D eigenvalue weighted by atomic mass is 9.97. The monoisotopic (exact) mass is 296 g/mol. The van der Waals surface area contributed by atoms with Crippen molar-refractivity contribution in [2.45, 2.75) is 37.0 Å². The van der Waals surface area contributed by atoms with E-state index in [4.69, 9.17) is 23.7 Å². The van der Waals surface area contributed by atoms with E-state index >= 15 is 0 Å². The highest BCUT2D eigenvalue weighted by atomic mass is 16.8. The van der Waals surface area contributed by atoms with Gasteiger partial charge in [-0.3, -0.25) is 0 Å². The van der Waals surface area contributed by atoms with E-state index < -0.39 is 30.9 Å². The van der Waals surface area contributed by atoms with Gasteiger partial charge in [-0.25, -0.2) is 0 Å². The summed E-state index contributed by atoms with van der Waals surface area (Å²) in [5.74, 6) is 0. The molecule has 0 unspecified atom stereocenters. The van der Waals surface area contributed by atoms with Crippen LogP contribution < -0.4 is 0 Å². The molecule has 6 heteroatoms. The third-order valence-electron chi connectivity index (χ3n) is 3.88. The molecule has 21 heavy (non-hydrogen) atoms. The molecule has 3 rings (SSSR count). The van der Waals surface area contributed by atoms with Gasteiger partial charge in [0.2, 0.25) is 0 Å². The number of hydrogen-bond donors (Lipinski definition) is 1. The van der Waals surface area contributed by atoms with Gasteiger partial charge >= 0.3 is 0 Å². The molecule has 2 fully saturated rings. The van der Waals surface area contributed by atoms with Crippen LogP contribution in [-0.2, 0) is 23.7 Å². The molecule has 1 N–H and O–H groups in total. The van der Waals surface area contributed by atoms with Crippen LogP contribution in [0.3, 0.4) is 0 Å². The Labute approximate surface area is 123 Å². The van der Waals surface area contributed by atoms with E-state index in [1.807, 2.05) is 30.3 Å². The van der Waals surface area contributed by atoms with E-state index in [-0.39, 0.29) is 6.10 Å². The SMILES string of the molecule is CO[C@H]1O[C@H]2CO[C@H](c3ccccc3)O[C@H]2[C@H](OC)[C@H]1O. The molecule has 1 aromatic rings. The predicted molar refractivity (Wildman–Crippen MR) is 72.5 cm³/mol. The van der Waals surface area contributed by atoms with E-state index in [9.17, 15) is 5.11 Å². The first kappa shape index (κ1) is 14.9. The molecule has 2 saturated heterocycles. The number of benzene rings is 1. The third kappa shape index (κ3) is 2.83. The zero-order chi connectivity index (χ0) is 14.8. The summed E-state index contributed by atoms with van der Waals surface area (Å²) in [6, 6.07) is 9.66. The van der Waals surface area contributed by atoms with Crippen LogP contribution in [0, 0.1) is 0 Å². The lowest BCUT2D eigenvalue weighted by Gasteiger charge is -2.47. The minimum atomic E-state index is -0.907. The molecular weight excluding hydrogens is 276 g/mol. The molecule has 0 saturated carbocycles. The fraction of sp³-hybridized carbons (Fsp3) is 0.600. The van der Waals surface area contributed by atoms with E-state index in [0.29, 0.717) is 6.61 Å². The number of aliphatic hydroxyl groups excluding tert-OH is 1. The molecule has 0 amide bonds. The van der Waals surface area contributed by atoms with Crippen LogP contribution in [0.1, 0.15) is 11.9 Å². The number of rotatable bonds is 3. The zero-order valence-corrected chi connectivity index (χ0v) is 12.0. The molecule has 1 aromatic carbocycles. The van der Waals surface area contributed by atoms with Gasteiger partial charge in [0.1, 0.15) is 24.4 Å². The van der Waals surface area contributed by atoms with Crippen molar-refractivity contribution in [3.63, 3.8) is 0 Å². The molecule has 0 bridgehead atoms. The molecule has 0 aromatic heterocycles. The van der Waals surface area contributed by atoms with Crippen LogP contribution in [-0.4, -0.2) is 56.6 Å². The normalized spacial score (nSPS) is 39.8. The average Bonchev–Trinajstić information content (AvgIpc) is 2.54. The zero-order valence-electron chi connectivity index (χ0n) is 12.0. The molecule has 116 valence electrons. The number of fused-ring (bicyclic) bond motifs is 1. The van der Waals surface area contributed by atoms with Gasteiger partial charge in [-0.1, -0.05) is 30.3 Å². The van der Waals surface area contributed by atoms with Gasteiger partial charge in [0.05, 0.1) is 6.61 Å². The standard InChI is InChI=1S/C15H20O6/c1-17-13-11(16)15(18-2)20-10-8-19-14(21-12(10)13)9-6-4-3-5-7-9/h3-7,10-16H,8H2,1-2H3/t10-,11+,12+,13+,14-,15-/m0/s1. The Bertz CT molecular complexity index is 453. The highest BCUT2D eigenvalue weighted by molar-refractivity contribution is 5.16. The number of ether oxygens (including phenoxy) is 5. The summed E-state index contributed by atoms with van der Waals surface area (Å²) >= 11 is 0. The Morgan fingerprint density at radius 3 is 2.52 bits per heavy atom. The Hall–Kier alpha value is -1.02. The lowest BCUT2D eigenvalue weighted by molar-refractivity contribution is -0.360. The summed E-state index contributed by atoms with van der Waals surface area (Å²) in [7, 11) is 3.03. The molecule has 0 spiro atoms. The average molecular weight is 296 g/mol. The second-order valence-corrected chi connectivity index (χ2v) is 5.15. The van der Waals surface area contributed by atoms with Crippen molar-refractivity contribution in [2.75, 3.05) is 20.8 Å². The Kier molecular flexibility index (Phi) is 4.54. The Morgan fingerprint density at radius 2 is 1.86 bits per heavy atom. The molecule has 2 aliphatic heterocycles. The van der Waals surface area contributed by atoms with Crippen molar-refractivity contribution in [1.29, 1.82) is 0 Å². The largest absolute Gasteiger partial charge is 0.385 e. The predicted octanol–water partition coefficient (Wildman–Crippen LogP) is 0.848. The van der Waals surface area contributed by atoms with Gasteiger partial charge in [0, 0.05) is 19.8 Å². The summed E-state index contributed by atoms with van der Waals surface area (Å²) in [5, 5.41) is 10.2. The van der Waals surface area contributed by atoms with Crippen molar-refractivity contribution in [2.24, 2.45) is 0 Å². The van der Waals surface area contributed by atoms with Crippen molar-refractivity contribution in [3.8, 4) is 0 Å². The second kappa shape index (κ2) is 6.39. The smallest absolute Gasteiger partial charge is 0.186 e. The minimum absolute atomic E-state index is 0.330. The van der Waals surface area contributed by atoms with Gasteiger partial charge in [-0.15, -0.1) is 0 Å². The van der Waals surface area contributed by atoms with Crippen LogP contribution in [0.5, 0.6) is 0 Å². The van der Waals surface area contributed by atoms with Crippen LogP contribution >= 0.6 is 0 Å². The fourth-order valence-electron chi connectivity index (χ4n) is 2.81. The number of methoxy groups -OCH3 is 2. The van der Waals surface area contributed by atoms with E-state index in [1.54, 1.807) is 7.11 Å². The fourth-order valence-corrected chi connectivity index (χ4v) is 2.81.